The quantitative estimate of drug-likeness (QED) is 0.848. The minimum atomic E-state index is 0.145. The molecule has 3 heterocycles. The number of amides is 2. The van der Waals surface area contributed by atoms with E-state index in [0.717, 1.165) is 44.8 Å². The van der Waals surface area contributed by atoms with Crippen molar-refractivity contribution in [3.05, 3.63) is 18.2 Å². The van der Waals surface area contributed by atoms with Crippen LogP contribution in [-0.2, 0) is 9.59 Å². The second kappa shape index (κ2) is 6.95. The first-order chi connectivity index (χ1) is 11.5. The molecule has 2 aliphatic rings. The Morgan fingerprint density at radius 1 is 1.21 bits per heavy atom. The van der Waals surface area contributed by atoms with Crippen LogP contribution in [0.1, 0.15) is 57.8 Å². The molecule has 0 N–H and O–H groups in total. The SMILES string of the molecule is CC(=O)N1CCC(CC(=O)N2CC(n3ccnc3C(C)C)C2)CC1. The van der Waals surface area contributed by atoms with Crippen LogP contribution in [0.25, 0.3) is 0 Å². The molecule has 0 saturated carbocycles. The fourth-order valence-corrected chi connectivity index (χ4v) is 3.74. The highest BCUT2D eigenvalue weighted by Gasteiger charge is 2.34. The molecule has 132 valence electrons. The lowest BCUT2D eigenvalue weighted by Gasteiger charge is -2.42. The molecule has 0 aliphatic carbocycles. The normalized spacial score (nSPS) is 19.7. The molecule has 0 aromatic carbocycles. The van der Waals surface area contributed by atoms with Gasteiger partial charge >= 0.3 is 0 Å². The summed E-state index contributed by atoms with van der Waals surface area (Å²) in [5.74, 6) is 2.33. The van der Waals surface area contributed by atoms with Gasteiger partial charge in [-0.05, 0) is 18.8 Å². The molecule has 0 spiro atoms. The molecule has 2 saturated heterocycles. The van der Waals surface area contributed by atoms with E-state index in [1.807, 2.05) is 22.2 Å². The lowest BCUT2D eigenvalue weighted by Crippen LogP contribution is -2.51. The van der Waals surface area contributed by atoms with Crippen LogP contribution < -0.4 is 0 Å². The van der Waals surface area contributed by atoms with Crippen molar-refractivity contribution in [3.8, 4) is 0 Å². The smallest absolute Gasteiger partial charge is 0.222 e. The van der Waals surface area contributed by atoms with Gasteiger partial charge in [-0.3, -0.25) is 9.59 Å². The van der Waals surface area contributed by atoms with Crippen molar-refractivity contribution in [1.82, 2.24) is 19.4 Å². The molecule has 1 aromatic heterocycles. The average Bonchev–Trinajstić information content (AvgIpc) is 2.95. The molecule has 0 atom stereocenters. The Hall–Kier alpha value is -1.85. The Bertz CT molecular complexity index is 596. The monoisotopic (exact) mass is 332 g/mol. The molecular weight excluding hydrogens is 304 g/mol. The highest BCUT2D eigenvalue weighted by Crippen LogP contribution is 2.28. The lowest BCUT2D eigenvalue weighted by molar-refractivity contribution is -0.138. The molecule has 0 radical (unpaired) electrons. The topological polar surface area (TPSA) is 58.4 Å². The summed E-state index contributed by atoms with van der Waals surface area (Å²) in [5, 5.41) is 0. The fourth-order valence-electron chi connectivity index (χ4n) is 3.74. The Balaban J connectivity index is 1.45. The Morgan fingerprint density at radius 2 is 1.88 bits per heavy atom. The van der Waals surface area contributed by atoms with Crippen molar-refractivity contribution in [2.45, 2.75) is 52.0 Å². The molecule has 2 fully saturated rings. The third-order valence-corrected chi connectivity index (χ3v) is 5.35. The van der Waals surface area contributed by atoms with Crippen molar-refractivity contribution in [2.24, 2.45) is 5.92 Å². The Labute approximate surface area is 143 Å². The van der Waals surface area contributed by atoms with E-state index in [4.69, 9.17) is 0 Å². The first-order valence-corrected chi connectivity index (χ1v) is 9.01. The van der Waals surface area contributed by atoms with Crippen LogP contribution in [0.15, 0.2) is 12.4 Å². The van der Waals surface area contributed by atoms with E-state index in [2.05, 4.69) is 23.4 Å². The van der Waals surface area contributed by atoms with Crippen molar-refractivity contribution < 1.29 is 9.59 Å². The summed E-state index contributed by atoms with van der Waals surface area (Å²) in [6.07, 6.45) is 6.39. The van der Waals surface area contributed by atoms with Crippen molar-refractivity contribution in [1.29, 1.82) is 0 Å². The summed E-state index contributed by atoms with van der Waals surface area (Å²) >= 11 is 0. The van der Waals surface area contributed by atoms with Gasteiger partial charge in [-0.15, -0.1) is 0 Å². The minimum absolute atomic E-state index is 0.145. The van der Waals surface area contributed by atoms with Crippen LogP contribution in [0, 0.1) is 5.92 Å². The molecule has 2 aliphatic heterocycles. The Kier molecular flexibility index (Phi) is 4.92. The molecule has 24 heavy (non-hydrogen) atoms. The third kappa shape index (κ3) is 3.47. The predicted molar refractivity (Wildman–Crippen MR) is 91.5 cm³/mol. The first kappa shape index (κ1) is 17.0. The third-order valence-electron chi connectivity index (χ3n) is 5.35. The van der Waals surface area contributed by atoms with E-state index in [1.165, 1.54) is 0 Å². The van der Waals surface area contributed by atoms with Gasteiger partial charge in [0, 0.05) is 57.8 Å². The molecule has 6 heteroatoms. The summed E-state index contributed by atoms with van der Waals surface area (Å²) in [4.78, 5) is 32.1. The average molecular weight is 332 g/mol. The van der Waals surface area contributed by atoms with Gasteiger partial charge in [-0.25, -0.2) is 4.98 Å². The number of piperidine rings is 1. The molecule has 6 nitrogen and oxygen atoms in total. The highest BCUT2D eigenvalue weighted by molar-refractivity contribution is 5.77. The van der Waals surface area contributed by atoms with Crippen LogP contribution in [0.3, 0.4) is 0 Å². The van der Waals surface area contributed by atoms with Crippen molar-refractivity contribution >= 4 is 11.8 Å². The van der Waals surface area contributed by atoms with Gasteiger partial charge < -0.3 is 14.4 Å². The van der Waals surface area contributed by atoms with Gasteiger partial charge in [0.2, 0.25) is 11.8 Å². The molecule has 0 unspecified atom stereocenters. The maximum absolute atomic E-state index is 12.5. The zero-order valence-corrected chi connectivity index (χ0v) is 14.9. The maximum Gasteiger partial charge on any atom is 0.222 e. The number of rotatable bonds is 4. The van der Waals surface area contributed by atoms with Crippen LogP contribution in [0.2, 0.25) is 0 Å². The van der Waals surface area contributed by atoms with E-state index in [9.17, 15) is 9.59 Å². The number of aromatic nitrogens is 2. The molecule has 2 amide bonds. The first-order valence-electron chi connectivity index (χ1n) is 9.01. The molecule has 1 aromatic rings. The number of nitrogens with zero attached hydrogens (tertiary/aromatic N) is 4. The standard InChI is InChI=1S/C18H28N4O2/c1-13(2)18-19-6-9-22(18)16-11-21(12-16)17(24)10-15-4-7-20(8-5-15)14(3)23/h6,9,13,15-16H,4-5,7-8,10-12H2,1-3H3. The maximum atomic E-state index is 12.5. The van der Waals surface area contributed by atoms with Gasteiger partial charge in [0.1, 0.15) is 5.82 Å². The number of carbonyl (C=O) groups excluding carboxylic acids is 2. The summed E-state index contributed by atoms with van der Waals surface area (Å²) in [7, 11) is 0. The van der Waals surface area contributed by atoms with E-state index >= 15 is 0 Å². The van der Waals surface area contributed by atoms with Crippen LogP contribution in [0.5, 0.6) is 0 Å². The van der Waals surface area contributed by atoms with Crippen LogP contribution in [-0.4, -0.2) is 57.3 Å². The fraction of sp³-hybridized carbons (Fsp3) is 0.722. The van der Waals surface area contributed by atoms with Gasteiger partial charge in [-0.2, -0.15) is 0 Å². The lowest BCUT2D eigenvalue weighted by atomic mass is 9.92. The molecule has 0 bridgehead atoms. The van der Waals surface area contributed by atoms with Crippen molar-refractivity contribution in [2.75, 3.05) is 26.2 Å². The number of imidazole rings is 1. The van der Waals surface area contributed by atoms with Crippen LogP contribution in [0.4, 0.5) is 0 Å². The minimum Gasteiger partial charge on any atom is -0.343 e. The molecule has 3 rings (SSSR count). The van der Waals surface area contributed by atoms with Gasteiger partial charge in [-0.1, -0.05) is 13.8 Å². The number of hydrogen-bond acceptors (Lipinski definition) is 3. The Morgan fingerprint density at radius 3 is 2.46 bits per heavy atom. The van der Waals surface area contributed by atoms with Gasteiger partial charge in [0.15, 0.2) is 0 Å². The summed E-state index contributed by atoms with van der Waals surface area (Å²) in [6, 6.07) is 0.369. The molecular formula is C18H28N4O2. The highest BCUT2D eigenvalue weighted by atomic mass is 16.2. The van der Waals surface area contributed by atoms with E-state index in [0.29, 0.717) is 24.3 Å². The number of carbonyl (C=O) groups is 2. The predicted octanol–water partition coefficient (Wildman–Crippen LogP) is 2.04. The zero-order valence-electron chi connectivity index (χ0n) is 14.9. The van der Waals surface area contributed by atoms with E-state index in [-0.39, 0.29) is 11.8 Å². The summed E-state index contributed by atoms with van der Waals surface area (Å²) < 4.78 is 2.22. The van der Waals surface area contributed by atoms with E-state index in [1.54, 1.807) is 6.92 Å². The number of likely N-dealkylation sites (tertiary alicyclic amines) is 2. The second-order valence-electron chi connectivity index (χ2n) is 7.45. The summed E-state index contributed by atoms with van der Waals surface area (Å²) in [5.41, 5.74) is 0. The van der Waals surface area contributed by atoms with Crippen LogP contribution >= 0.6 is 0 Å². The zero-order chi connectivity index (χ0) is 17.3. The largest absolute Gasteiger partial charge is 0.343 e. The number of hydrogen-bond donors (Lipinski definition) is 0. The summed E-state index contributed by atoms with van der Waals surface area (Å²) in [6.45, 7) is 9.09. The second-order valence-corrected chi connectivity index (χ2v) is 7.45. The van der Waals surface area contributed by atoms with Gasteiger partial charge in [0.25, 0.3) is 0 Å². The van der Waals surface area contributed by atoms with E-state index < -0.39 is 0 Å². The van der Waals surface area contributed by atoms with Crippen molar-refractivity contribution in [3.63, 3.8) is 0 Å². The van der Waals surface area contributed by atoms with Gasteiger partial charge in [0.05, 0.1) is 6.04 Å².